The summed E-state index contributed by atoms with van der Waals surface area (Å²) in [4.78, 5) is 0. The Kier molecular flexibility index (Phi) is 5.33. The van der Waals surface area contributed by atoms with E-state index in [0.717, 1.165) is 6.42 Å². The molecule has 7 heavy (non-hydrogen) atoms. The Morgan fingerprint density at radius 1 is 1.43 bits per heavy atom. The van der Waals surface area contributed by atoms with Crippen LogP contribution in [0.2, 0.25) is 0 Å². The summed E-state index contributed by atoms with van der Waals surface area (Å²) in [7, 11) is 0. The first-order valence-electron chi connectivity index (χ1n) is 2.28. The molecule has 0 aliphatic heterocycles. The fourth-order valence-electron chi connectivity index (χ4n) is 0. The van der Waals surface area contributed by atoms with Crippen molar-refractivity contribution in [1.29, 1.82) is 0 Å². The maximum atomic E-state index is 8.83. The van der Waals surface area contributed by atoms with Crippen LogP contribution in [0.15, 0.2) is 0 Å². The van der Waals surface area contributed by atoms with E-state index in [-0.39, 0.29) is 18.9 Å². The van der Waals surface area contributed by atoms with Gasteiger partial charge in [0.1, 0.15) is 0 Å². The fourth-order valence-corrected chi connectivity index (χ4v) is 0. The quantitative estimate of drug-likeness (QED) is 0.472. The molecule has 0 saturated carbocycles. The van der Waals surface area contributed by atoms with Gasteiger partial charge in [0.05, 0.1) is 5.60 Å². The summed E-state index contributed by atoms with van der Waals surface area (Å²) >= 11 is 0. The third-order valence-electron chi connectivity index (χ3n) is 0.865. The second-order valence-electron chi connectivity index (χ2n) is 2.17. The van der Waals surface area contributed by atoms with Crippen LogP contribution in [0.4, 0.5) is 0 Å². The van der Waals surface area contributed by atoms with Gasteiger partial charge in [0.15, 0.2) is 0 Å². The molecule has 40 valence electrons. The van der Waals surface area contributed by atoms with Gasteiger partial charge in [-0.15, -0.1) is 0 Å². The van der Waals surface area contributed by atoms with Gasteiger partial charge in [-0.25, -0.2) is 0 Å². The van der Waals surface area contributed by atoms with Gasteiger partial charge < -0.3 is 5.11 Å². The van der Waals surface area contributed by atoms with E-state index in [1.54, 1.807) is 13.8 Å². The summed E-state index contributed by atoms with van der Waals surface area (Å²) in [6.45, 7) is 5.56. The van der Waals surface area contributed by atoms with Gasteiger partial charge in [-0.3, -0.25) is 0 Å². The van der Waals surface area contributed by atoms with Crippen LogP contribution in [-0.4, -0.2) is 29.6 Å². The minimum atomic E-state index is -0.458. The van der Waals surface area contributed by atoms with Crippen molar-refractivity contribution >= 4 is 18.9 Å². The van der Waals surface area contributed by atoms with Crippen molar-refractivity contribution in [3.05, 3.63) is 0 Å². The summed E-state index contributed by atoms with van der Waals surface area (Å²) in [6, 6.07) is 0. The predicted molar refractivity (Wildman–Crippen MR) is 33.7 cm³/mol. The van der Waals surface area contributed by atoms with Crippen molar-refractivity contribution in [2.75, 3.05) is 0 Å². The first-order chi connectivity index (χ1) is 2.56. The van der Waals surface area contributed by atoms with Crippen LogP contribution in [0.3, 0.4) is 0 Å². The maximum absolute atomic E-state index is 8.83. The second kappa shape index (κ2) is 3.55. The SMILES string of the molecule is CCC(C)(C)O.[LiH]. The molecule has 0 amide bonds. The monoisotopic (exact) mass is 96.1 g/mol. The number of aliphatic hydroxyl groups is 1. The van der Waals surface area contributed by atoms with Crippen molar-refractivity contribution in [3.8, 4) is 0 Å². The van der Waals surface area contributed by atoms with Crippen LogP contribution >= 0.6 is 0 Å². The average molecular weight is 96.1 g/mol. The molecule has 1 nitrogen and oxygen atoms in total. The molecule has 0 fully saturated rings. The van der Waals surface area contributed by atoms with Crippen molar-refractivity contribution in [1.82, 2.24) is 0 Å². The molecule has 0 aliphatic carbocycles. The summed E-state index contributed by atoms with van der Waals surface area (Å²) in [5, 5.41) is 8.83. The molecular formula is C5H13LiO. The van der Waals surface area contributed by atoms with Gasteiger partial charge in [0, 0.05) is 0 Å². The van der Waals surface area contributed by atoms with Crippen LogP contribution < -0.4 is 0 Å². The van der Waals surface area contributed by atoms with E-state index in [1.807, 2.05) is 6.92 Å². The molecule has 0 heterocycles. The van der Waals surface area contributed by atoms with E-state index >= 15 is 0 Å². The average Bonchev–Trinajstić information content (AvgIpc) is 1.35. The van der Waals surface area contributed by atoms with Gasteiger partial charge >= 0.3 is 18.9 Å². The number of hydrogen-bond acceptors (Lipinski definition) is 1. The van der Waals surface area contributed by atoms with Crippen molar-refractivity contribution in [2.45, 2.75) is 32.8 Å². The standard InChI is InChI=1S/C5H12O.Li.H/c1-4-5(2,3)6;;/h6H,4H2,1-3H3;;. The Bertz CT molecular complexity index is 37.8. The Labute approximate surface area is 57.3 Å². The predicted octanol–water partition coefficient (Wildman–Crippen LogP) is 0.519. The normalized spacial score (nSPS) is 10.3. The zero-order valence-corrected chi connectivity index (χ0v) is 4.65. The molecule has 0 saturated heterocycles. The Morgan fingerprint density at radius 2 is 1.57 bits per heavy atom. The van der Waals surface area contributed by atoms with Gasteiger partial charge in [-0.05, 0) is 20.3 Å². The van der Waals surface area contributed by atoms with Crippen LogP contribution in [-0.2, 0) is 0 Å². The van der Waals surface area contributed by atoms with E-state index in [1.165, 1.54) is 0 Å². The van der Waals surface area contributed by atoms with Gasteiger partial charge in [-0.2, -0.15) is 0 Å². The topological polar surface area (TPSA) is 20.2 Å². The van der Waals surface area contributed by atoms with E-state index in [2.05, 4.69) is 0 Å². The van der Waals surface area contributed by atoms with Crippen LogP contribution in [0.25, 0.3) is 0 Å². The first-order valence-corrected chi connectivity index (χ1v) is 2.28. The molecule has 0 atom stereocenters. The minimum absolute atomic E-state index is 0. The van der Waals surface area contributed by atoms with Gasteiger partial charge in [0.2, 0.25) is 0 Å². The molecule has 0 aliphatic rings. The molecular weight excluding hydrogens is 83.0 g/mol. The Hall–Kier alpha value is 0.557. The first kappa shape index (κ1) is 10.5. The second-order valence-corrected chi connectivity index (χ2v) is 2.17. The zero-order chi connectivity index (χ0) is 5.21. The van der Waals surface area contributed by atoms with Crippen LogP contribution in [0, 0.1) is 0 Å². The molecule has 0 radical (unpaired) electrons. The van der Waals surface area contributed by atoms with E-state index in [0.29, 0.717) is 0 Å². The Morgan fingerprint density at radius 3 is 1.57 bits per heavy atom. The molecule has 0 rings (SSSR count). The van der Waals surface area contributed by atoms with Gasteiger partial charge in [0.25, 0.3) is 0 Å². The molecule has 0 aromatic heterocycles. The van der Waals surface area contributed by atoms with Crippen LogP contribution in [0.5, 0.6) is 0 Å². The van der Waals surface area contributed by atoms with Crippen molar-refractivity contribution in [3.63, 3.8) is 0 Å². The molecule has 1 N–H and O–H groups in total. The third kappa shape index (κ3) is 10.8. The fraction of sp³-hybridized carbons (Fsp3) is 1.00. The summed E-state index contributed by atoms with van der Waals surface area (Å²) in [5.74, 6) is 0. The zero-order valence-electron chi connectivity index (χ0n) is 4.65. The number of hydrogen-bond donors (Lipinski definition) is 1. The van der Waals surface area contributed by atoms with E-state index < -0.39 is 5.60 Å². The van der Waals surface area contributed by atoms with E-state index in [4.69, 9.17) is 5.11 Å². The molecule has 0 aromatic carbocycles. The number of rotatable bonds is 1. The molecule has 0 unspecified atom stereocenters. The summed E-state index contributed by atoms with van der Waals surface area (Å²) in [6.07, 6.45) is 0.826. The van der Waals surface area contributed by atoms with Crippen molar-refractivity contribution < 1.29 is 5.11 Å². The Balaban J connectivity index is 0. The van der Waals surface area contributed by atoms with E-state index in [9.17, 15) is 0 Å². The molecule has 0 aromatic rings. The molecule has 2 heteroatoms. The molecule has 0 spiro atoms. The van der Waals surface area contributed by atoms with Gasteiger partial charge in [-0.1, -0.05) is 6.92 Å². The third-order valence-corrected chi connectivity index (χ3v) is 0.865. The van der Waals surface area contributed by atoms with Crippen molar-refractivity contribution in [2.24, 2.45) is 0 Å². The van der Waals surface area contributed by atoms with Crippen LogP contribution in [0.1, 0.15) is 27.2 Å². The summed E-state index contributed by atoms with van der Waals surface area (Å²) < 4.78 is 0. The summed E-state index contributed by atoms with van der Waals surface area (Å²) in [5.41, 5.74) is -0.458. The molecule has 0 bridgehead atoms.